The molecule has 1 atom stereocenters. The molecule has 0 radical (unpaired) electrons. The number of carbonyl (C=O) groups is 2. The number of rotatable bonds is 8. The van der Waals surface area contributed by atoms with Gasteiger partial charge in [0.25, 0.3) is 10.0 Å². The van der Waals surface area contributed by atoms with Gasteiger partial charge in [-0.1, -0.05) is 42.0 Å². The molecule has 0 aromatic heterocycles. The average Bonchev–Trinajstić information content (AvgIpc) is 3.20. The van der Waals surface area contributed by atoms with Gasteiger partial charge < -0.3 is 10.1 Å². The van der Waals surface area contributed by atoms with Gasteiger partial charge in [-0.2, -0.15) is 0 Å². The summed E-state index contributed by atoms with van der Waals surface area (Å²) in [6.07, 6.45) is 1.18. The second kappa shape index (κ2) is 10.8. The second-order valence-corrected chi connectivity index (χ2v) is 11.4. The molecule has 0 saturated heterocycles. The molecule has 4 rings (SSSR count). The van der Waals surface area contributed by atoms with Crippen LogP contribution in [0.25, 0.3) is 0 Å². The molecule has 1 aliphatic rings. The normalized spacial score (nSPS) is 14.8. The Balaban J connectivity index is 1.35. The molecular formula is C29H32N2O5S. The number of amides is 1. The number of carbonyl (C=O) groups excluding carboxylic acids is 2. The van der Waals surface area contributed by atoms with Gasteiger partial charge in [0.05, 0.1) is 22.8 Å². The van der Waals surface area contributed by atoms with Gasteiger partial charge in [-0.15, -0.1) is 0 Å². The Bertz CT molecular complexity index is 1430. The average molecular weight is 521 g/mol. The molecule has 7 nitrogen and oxygen atoms in total. The van der Waals surface area contributed by atoms with Crippen molar-refractivity contribution in [2.75, 3.05) is 16.2 Å². The number of sulfonamides is 1. The van der Waals surface area contributed by atoms with E-state index in [1.807, 2.05) is 58.0 Å². The molecule has 0 fully saturated rings. The Morgan fingerprint density at radius 2 is 1.70 bits per heavy atom. The predicted molar refractivity (Wildman–Crippen MR) is 145 cm³/mol. The van der Waals surface area contributed by atoms with E-state index in [1.54, 1.807) is 6.07 Å². The maximum absolute atomic E-state index is 13.5. The van der Waals surface area contributed by atoms with Gasteiger partial charge in [0.1, 0.15) is 0 Å². The SMILES string of the molecule is Cc1cc(C)c(NC(=O)CCCOC(=O)c2cccc(S(=O)(=O)N3c4ccccc4C[C@H]3C)c2)c(C)c1. The number of hydrogen-bond donors (Lipinski definition) is 1. The first kappa shape index (κ1) is 26.4. The van der Waals surface area contributed by atoms with Gasteiger partial charge in [-0.05, 0) is 81.5 Å². The fraction of sp³-hybridized carbons (Fsp3) is 0.310. The lowest BCUT2D eigenvalue weighted by Crippen LogP contribution is -2.35. The van der Waals surface area contributed by atoms with Crippen LogP contribution in [0.15, 0.2) is 65.6 Å². The summed E-state index contributed by atoms with van der Waals surface area (Å²) in [5.41, 5.74) is 5.73. The van der Waals surface area contributed by atoms with E-state index in [4.69, 9.17) is 4.74 Å². The molecule has 1 aliphatic heterocycles. The number of nitrogens with one attached hydrogen (secondary N) is 1. The molecule has 3 aromatic carbocycles. The third-order valence-electron chi connectivity index (χ3n) is 6.49. The topological polar surface area (TPSA) is 92.8 Å². The molecule has 0 bridgehead atoms. The summed E-state index contributed by atoms with van der Waals surface area (Å²) in [6.45, 7) is 7.83. The predicted octanol–water partition coefficient (Wildman–Crippen LogP) is 5.33. The molecule has 37 heavy (non-hydrogen) atoms. The maximum atomic E-state index is 13.5. The summed E-state index contributed by atoms with van der Waals surface area (Å²) in [5, 5.41) is 2.94. The van der Waals surface area contributed by atoms with E-state index >= 15 is 0 Å². The quantitative estimate of drug-likeness (QED) is 0.320. The minimum Gasteiger partial charge on any atom is -0.462 e. The Morgan fingerprint density at radius 3 is 2.43 bits per heavy atom. The highest BCUT2D eigenvalue weighted by atomic mass is 32.2. The van der Waals surface area contributed by atoms with Gasteiger partial charge in [-0.3, -0.25) is 9.10 Å². The fourth-order valence-electron chi connectivity index (χ4n) is 4.86. The first-order valence-corrected chi connectivity index (χ1v) is 13.8. The lowest BCUT2D eigenvalue weighted by Gasteiger charge is -2.24. The number of anilines is 2. The number of hydrogen-bond acceptors (Lipinski definition) is 5. The van der Waals surface area contributed by atoms with Crippen LogP contribution in [0.3, 0.4) is 0 Å². The molecule has 1 N–H and O–H groups in total. The van der Waals surface area contributed by atoms with Crippen LogP contribution in [0.4, 0.5) is 11.4 Å². The molecule has 3 aromatic rings. The van der Waals surface area contributed by atoms with Crippen LogP contribution < -0.4 is 9.62 Å². The van der Waals surface area contributed by atoms with Gasteiger partial charge in [-0.25, -0.2) is 13.2 Å². The second-order valence-electron chi connectivity index (χ2n) is 9.57. The molecular weight excluding hydrogens is 488 g/mol. The van der Waals surface area contributed by atoms with Crippen molar-refractivity contribution in [3.8, 4) is 0 Å². The van der Waals surface area contributed by atoms with Crippen molar-refractivity contribution in [3.05, 3.63) is 88.5 Å². The van der Waals surface area contributed by atoms with Crippen LogP contribution in [0, 0.1) is 20.8 Å². The van der Waals surface area contributed by atoms with Crippen molar-refractivity contribution in [2.45, 2.75) is 57.9 Å². The summed E-state index contributed by atoms with van der Waals surface area (Å²) < 4.78 is 33.7. The molecule has 0 unspecified atom stereocenters. The van der Waals surface area contributed by atoms with Gasteiger partial charge in [0, 0.05) is 18.2 Å². The van der Waals surface area contributed by atoms with Crippen molar-refractivity contribution < 1.29 is 22.7 Å². The molecule has 1 amide bonds. The fourth-order valence-corrected chi connectivity index (χ4v) is 6.60. The zero-order valence-electron chi connectivity index (χ0n) is 21.6. The summed E-state index contributed by atoms with van der Waals surface area (Å²) in [6, 6.07) is 17.1. The third kappa shape index (κ3) is 5.69. The summed E-state index contributed by atoms with van der Waals surface area (Å²) in [5.74, 6) is -0.781. The van der Waals surface area contributed by atoms with Crippen LogP contribution in [0.2, 0.25) is 0 Å². The minimum atomic E-state index is -3.86. The Kier molecular flexibility index (Phi) is 7.68. The highest BCUT2D eigenvalue weighted by molar-refractivity contribution is 7.92. The monoisotopic (exact) mass is 520 g/mol. The first-order chi connectivity index (χ1) is 17.6. The number of fused-ring (bicyclic) bond motifs is 1. The Morgan fingerprint density at radius 1 is 1.00 bits per heavy atom. The molecule has 8 heteroatoms. The van der Waals surface area contributed by atoms with Crippen LogP contribution in [-0.2, 0) is 26.0 Å². The molecule has 1 heterocycles. The first-order valence-electron chi connectivity index (χ1n) is 12.3. The van der Waals surface area contributed by atoms with Gasteiger partial charge in [0.15, 0.2) is 0 Å². The summed E-state index contributed by atoms with van der Waals surface area (Å²) in [7, 11) is -3.86. The van der Waals surface area contributed by atoms with Gasteiger partial charge >= 0.3 is 5.97 Å². The maximum Gasteiger partial charge on any atom is 0.338 e. The van der Waals surface area contributed by atoms with Crippen molar-refractivity contribution in [1.29, 1.82) is 0 Å². The van der Waals surface area contributed by atoms with E-state index in [-0.39, 0.29) is 35.4 Å². The molecule has 0 aliphatic carbocycles. The Hall–Kier alpha value is -3.65. The zero-order chi connectivity index (χ0) is 26.7. The van der Waals surface area contributed by atoms with Crippen LogP contribution >= 0.6 is 0 Å². The number of benzene rings is 3. The molecule has 194 valence electrons. The van der Waals surface area contributed by atoms with Crippen molar-refractivity contribution >= 4 is 33.3 Å². The zero-order valence-corrected chi connectivity index (χ0v) is 22.4. The van der Waals surface area contributed by atoms with E-state index in [0.29, 0.717) is 18.5 Å². The number of nitrogens with zero attached hydrogens (tertiary/aromatic N) is 1. The van der Waals surface area contributed by atoms with E-state index in [2.05, 4.69) is 5.32 Å². The highest BCUT2D eigenvalue weighted by Crippen LogP contribution is 2.36. The lowest BCUT2D eigenvalue weighted by atomic mass is 10.0. The smallest absolute Gasteiger partial charge is 0.338 e. The van der Waals surface area contributed by atoms with E-state index in [9.17, 15) is 18.0 Å². The highest BCUT2D eigenvalue weighted by Gasteiger charge is 2.36. The van der Waals surface area contributed by atoms with Crippen LogP contribution in [0.1, 0.15) is 52.4 Å². The number of esters is 1. The molecule has 0 spiro atoms. The van der Waals surface area contributed by atoms with Crippen LogP contribution in [0.5, 0.6) is 0 Å². The summed E-state index contributed by atoms with van der Waals surface area (Å²) in [4.78, 5) is 25.1. The molecule has 0 saturated carbocycles. The number of para-hydroxylation sites is 1. The lowest BCUT2D eigenvalue weighted by molar-refractivity contribution is -0.116. The summed E-state index contributed by atoms with van der Waals surface area (Å²) >= 11 is 0. The van der Waals surface area contributed by atoms with Crippen molar-refractivity contribution in [2.24, 2.45) is 0 Å². The largest absolute Gasteiger partial charge is 0.462 e. The standard InChI is InChI=1S/C29H32N2O5S/c1-19-15-20(2)28(21(3)16-19)30-27(32)13-8-14-36-29(33)24-10-7-11-25(18-24)37(34,35)31-22(4)17-23-9-5-6-12-26(23)31/h5-7,9-12,15-16,18,22H,8,13-14,17H2,1-4H3,(H,30,32)/t22-/m1/s1. The van der Waals surface area contributed by atoms with Crippen molar-refractivity contribution in [1.82, 2.24) is 0 Å². The number of aryl methyl sites for hydroxylation is 3. The van der Waals surface area contributed by atoms with Gasteiger partial charge in [0.2, 0.25) is 5.91 Å². The minimum absolute atomic E-state index is 0.0359. The number of ether oxygens (including phenoxy) is 1. The van der Waals surface area contributed by atoms with Crippen LogP contribution in [-0.4, -0.2) is 32.9 Å². The van der Waals surface area contributed by atoms with E-state index in [0.717, 1.165) is 27.9 Å². The van der Waals surface area contributed by atoms with Crippen molar-refractivity contribution in [3.63, 3.8) is 0 Å². The van der Waals surface area contributed by atoms with E-state index < -0.39 is 16.0 Å². The van der Waals surface area contributed by atoms with E-state index in [1.165, 1.54) is 28.6 Å². The Labute approximate surface area is 218 Å². The third-order valence-corrected chi connectivity index (χ3v) is 8.42.